The van der Waals surface area contributed by atoms with Crippen LogP contribution in [0.2, 0.25) is 0 Å². The Morgan fingerprint density at radius 3 is 2.50 bits per heavy atom. The smallest absolute Gasteiger partial charge is 0.274 e. The maximum absolute atomic E-state index is 12.6. The molecule has 0 aliphatic rings. The Hall–Kier alpha value is -3.34. The minimum absolute atomic E-state index is 0.286. The Morgan fingerprint density at radius 2 is 1.79 bits per heavy atom. The molecular weight excluding hydrogens is 350 g/mol. The molecule has 5 heteroatoms. The van der Waals surface area contributed by atoms with Crippen LogP contribution in [0.4, 0.5) is 17.1 Å². The lowest BCUT2D eigenvalue weighted by atomic mass is 10.0. The third-order valence-electron chi connectivity index (χ3n) is 4.29. The lowest BCUT2D eigenvalue weighted by Gasteiger charge is -2.12. The number of rotatable bonds is 7. The SMILES string of the molecule is CCOc1ccccc1NC(=O)c1cc(Nc2ccc(C(C)C)cc2)ccn1. The van der Waals surface area contributed by atoms with Gasteiger partial charge in [0.2, 0.25) is 0 Å². The van der Waals surface area contributed by atoms with E-state index in [-0.39, 0.29) is 5.91 Å². The molecule has 3 rings (SSSR count). The highest BCUT2D eigenvalue weighted by molar-refractivity contribution is 6.04. The van der Waals surface area contributed by atoms with Crippen molar-refractivity contribution in [1.82, 2.24) is 4.98 Å². The van der Waals surface area contributed by atoms with E-state index in [2.05, 4.69) is 41.6 Å². The first-order valence-electron chi connectivity index (χ1n) is 9.43. The van der Waals surface area contributed by atoms with E-state index in [0.717, 1.165) is 11.4 Å². The van der Waals surface area contributed by atoms with E-state index in [0.29, 0.717) is 29.7 Å². The average molecular weight is 375 g/mol. The molecule has 2 N–H and O–H groups in total. The summed E-state index contributed by atoms with van der Waals surface area (Å²) in [6, 6.07) is 19.2. The number of carbonyl (C=O) groups excluding carboxylic acids is 1. The van der Waals surface area contributed by atoms with E-state index in [1.165, 1.54) is 5.56 Å². The molecule has 2 aromatic carbocycles. The molecule has 1 amide bonds. The number of aromatic nitrogens is 1. The Morgan fingerprint density at radius 1 is 1.04 bits per heavy atom. The van der Waals surface area contributed by atoms with Crippen LogP contribution in [0.3, 0.4) is 0 Å². The Labute approximate surface area is 165 Å². The van der Waals surface area contributed by atoms with Crippen LogP contribution in [0.15, 0.2) is 66.9 Å². The third kappa shape index (κ3) is 4.88. The Bertz CT molecular complexity index is 937. The van der Waals surface area contributed by atoms with Crippen LogP contribution in [0, 0.1) is 0 Å². The van der Waals surface area contributed by atoms with Gasteiger partial charge in [0.25, 0.3) is 5.91 Å². The van der Waals surface area contributed by atoms with Crippen LogP contribution in [-0.4, -0.2) is 17.5 Å². The number of para-hydroxylation sites is 2. The molecule has 3 aromatic rings. The maximum Gasteiger partial charge on any atom is 0.274 e. The second-order valence-corrected chi connectivity index (χ2v) is 6.71. The van der Waals surface area contributed by atoms with Crippen molar-refractivity contribution in [2.75, 3.05) is 17.2 Å². The number of nitrogens with one attached hydrogen (secondary N) is 2. The number of ether oxygens (including phenoxy) is 1. The summed E-state index contributed by atoms with van der Waals surface area (Å²) < 4.78 is 5.56. The second-order valence-electron chi connectivity index (χ2n) is 6.71. The van der Waals surface area contributed by atoms with Crippen molar-refractivity contribution in [2.24, 2.45) is 0 Å². The highest BCUT2D eigenvalue weighted by Gasteiger charge is 2.11. The molecule has 0 saturated carbocycles. The molecule has 0 fully saturated rings. The zero-order valence-electron chi connectivity index (χ0n) is 16.4. The molecule has 0 spiro atoms. The largest absolute Gasteiger partial charge is 0.492 e. The zero-order chi connectivity index (χ0) is 19.9. The number of anilines is 3. The van der Waals surface area contributed by atoms with Crippen LogP contribution < -0.4 is 15.4 Å². The molecule has 0 aliphatic carbocycles. The van der Waals surface area contributed by atoms with Crippen molar-refractivity contribution in [1.29, 1.82) is 0 Å². The highest BCUT2D eigenvalue weighted by atomic mass is 16.5. The van der Waals surface area contributed by atoms with Gasteiger partial charge in [0.1, 0.15) is 11.4 Å². The van der Waals surface area contributed by atoms with Crippen molar-refractivity contribution in [3.63, 3.8) is 0 Å². The quantitative estimate of drug-likeness (QED) is 0.564. The van der Waals surface area contributed by atoms with Gasteiger partial charge in [-0.05, 0) is 54.8 Å². The summed E-state index contributed by atoms with van der Waals surface area (Å²) >= 11 is 0. The van der Waals surface area contributed by atoms with Gasteiger partial charge in [-0.25, -0.2) is 0 Å². The lowest BCUT2D eigenvalue weighted by molar-refractivity contribution is 0.102. The standard InChI is InChI=1S/C23H25N3O2/c1-4-28-22-8-6-5-7-20(22)26-23(27)21-15-19(13-14-24-21)25-18-11-9-17(10-12-18)16(2)3/h5-16H,4H2,1-3H3,(H,24,25)(H,26,27). The molecular formula is C23H25N3O2. The number of hydrogen-bond acceptors (Lipinski definition) is 4. The van der Waals surface area contributed by atoms with Gasteiger partial charge in [0.05, 0.1) is 12.3 Å². The van der Waals surface area contributed by atoms with E-state index in [1.807, 2.05) is 43.3 Å². The van der Waals surface area contributed by atoms with E-state index in [1.54, 1.807) is 18.3 Å². The topological polar surface area (TPSA) is 63.2 Å². The summed E-state index contributed by atoms with van der Waals surface area (Å²) in [7, 11) is 0. The third-order valence-corrected chi connectivity index (χ3v) is 4.29. The minimum Gasteiger partial charge on any atom is -0.492 e. The predicted molar refractivity (Wildman–Crippen MR) is 114 cm³/mol. The van der Waals surface area contributed by atoms with Crippen molar-refractivity contribution in [3.8, 4) is 5.75 Å². The van der Waals surface area contributed by atoms with Crippen molar-refractivity contribution < 1.29 is 9.53 Å². The molecule has 0 bridgehead atoms. The zero-order valence-corrected chi connectivity index (χ0v) is 16.4. The predicted octanol–water partition coefficient (Wildman–Crippen LogP) is 5.60. The van der Waals surface area contributed by atoms with E-state index in [4.69, 9.17) is 4.74 Å². The number of carbonyl (C=O) groups is 1. The molecule has 1 heterocycles. The monoisotopic (exact) mass is 375 g/mol. The summed E-state index contributed by atoms with van der Waals surface area (Å²) in [5.74, 6) is 0.841. The molecule has 144 valence electrons. The minimum atomic E-state index is -0.286. The van der Waals surface area contributed by atoms with Crippen LogP contribution in [0.1, 0.15) is 42.7 Å². The van der Waals surface area contributed by atoms with Gasteiger partial charge in [-0.15, -0.1) is 0 Å². The first-order chi connectivity index (χ1) is 13.6. The summed E-state index contributed by atoms with van der Waals surface area (Å²) in [5.41, 5.74) is 4.00. The van der Waals surface area contributed by atoms with Gasteiger partial charge in [-0.2, -0.15) is 0 Å². The summed E-state index contributed by atoms with van der Waals surface area (Å²) in [6.45, 7) is 6.77. The molecule has 0 radical (unpaired) electrons. The molecule has 0 unspecified atom stereocenters. The fraction of sp³-hybridized carbons (Fsp3) is 0.217. The van der Waals surface area contributed by atoms with Crippen LogP contribution in [-0.2, 0) is 0 Å². The number of amides is 1. The van der Waals surface area contributed by atoms with Crippen LogP contribution in [0.5, 0.6) is 5.75 Å². The van der Waals surface area contributed by atoms with Gasteiger partial charge in [-0.3, -0.25) is 9.78 Å². The Kier molecular flexibility index (Phi) is 6.27. The normalized spacial score (nSPS) is 10.6. The maximum atomic E-state index is 12.6. The lowest BCUT2D eigenvalue weighted by Crippen LogP contribution is -2.14. The second kappa shape index (κ2) is 9.04. The van der Waals surface area contributed by atoms with Gasteiger partial charge in [-0.1, -0.05) is 38.1 Å². The number of nitrogens with zero attached hydrogens (tertiary/aromatic N) is 1. The summed E-state index contributed by atoms with van der Waals surface area (Å²) in [4.78, 5) is 16.8. The van der Waals surface area contributed by atoms with Crippen molar-refractivity contribution in [2.45, 2.75) is 26.7 Å². The fourth-order valence-corrected chi connectivity index (χ4v) is 2.79. The van der Waals surface area contributed by atoms with E-state index < -0.39 is 0 Å². The molecule has 0 saturated heterocycles. The molecule has 0 atom stereocenters. The summed E-state index contributed by atoms with van der Waals surface area (Å²) in [6.07, 6.45) is 1.62. The summed E-state index contributed by atoms with van der Waals surface area (Å²) in [5, 5.41) is 6.18. The number of pyridine rings is 1. The van der Waals surface area contributed by atoms with Crippen molar-refractivity contribution in [3.05, 3.63) is 78.1 Å². The average Bonchev–Trinajstić information content (AvgIpc) is 2.70. The van der Waals surface area contributed by atoms with Gasteiger partial charge in [0, 0.05) is 17.6 Å². The Balaban J connectivity index is 1.73. The van der Waals surface area contributed by atoms with Crippen molar-refractivity contribution >= 4 is 23.0 Å². The molecule has 0 aliphatic heterocycles. The number of hydrogen-bond donors (Lipinski definition) is 2. The van der Waals surface area contributed by atoms with Gasteiger partial charge >= 0.3 is 0 Å². The molecule has 1 aromatic heterocycles. The van der Waals surface area contributed by atoms with Crippen LogP contribution in [0.25, 0.3) is 0 Å². The first-order valence-corrected chi connectivity index (χ1v) is 9.43. The molecule has 5 nitrogen and oxygen atoms in total. The van der Waals surface area contributed by atoms with Gasteiger partial charge < -0.3 is 15.4 Å². The van der Waals surface area contributed by atoms with E-state index >= 15 is 0 Å². The van der Waals surface area contributed by atoms with E-state index in [9.17, 15) is 4.79 Å². The first kappa shape index (κ1) is 19.4. The highest BCUT2D eigenvalue weighted by Crippen LogP contribution is 2.25. The van der Waals surface area contributed by atoms with Crippen LogP contribution >= 0.6 is 0 Å². The molecule has 28 heavy (non-hydrogen) atoms. The van der Waals surface area contributed by atoms with Gasteiger partial charge in [0.15, 0.2) is 0 Å². The number of benzene rings is 2. The fourth-order valence-electron chi connectivity index (χ4n) is 2.79.